The molecule has 0 aromatic heterocycles. The zero-order valence-electron chi connectivity index (χ0n) is 20.7. The van der Waals surface area contributed by atoms with E-state index < -0.39 is 0 Å². The van der Waals surface area contributed by atoms with Crippen molar-refractivity contribution >= 4 is 5.91 Å². The molecule has 0 bridgehead atoms. The molecule has 29 heavy (non-hydrogen) atoms. The van der Waals surface area contributed by atoms with Gasteiger partial charge in [-0.3, -0.25) is 4.79 Å². The lowest BCUT2D eigenvalue weighted by Gasteiger charge is -2.28. The predicted octanol–water partition coefficient (Wildman–Crippen LogP) is 7.94. The zero-order valence-corrected chi connectivity index (χ0v) is 20.7. The molecule has 3 nitrogen and oxygen atoms in total. The Labute approximate surface area is 184 Å². The maximum atomic E-state index is 12.1. The van der Waals surface area contributed by atoms with E-state index in [0.29, 0.717) is 11.0 Å². The fourth-order valence-corrected chi connectivity index (χ4v) is 4.01. The molecule has 0 aromatic rings. The summed E-state index contributed by atoms with van der Waals surface area (Å²) in [5.41, 5.74) is 3.14. The van der Waals surface area contributed by atoms with Crippen molar-refractivity contribution in [2.45, 2.75) is 142 Å². The monoisotopic (exact) mass is 411 g/mol. The van der Waals surface area contributed by atoms with Crippen molar-refractivity contribution < 1.29 is 9.39 Å². The van der Waals surface area contributed by atoms with Gasteiger partial charge < -0.3 is 0 Å². The Bertz CT molecular complexity index is 355. The molecule has 0 atom stereocenters. The fraction of sp³-hybridized carbons (Fsp3) is 0.962. The van der Waals surface area contributed by atoms with E-state index in [1.165, 1.54) is 109 Å². The average Bonchev–Trinajstić information content (AvgIpc) is 2.68. The molecule has 0 aliphatic carbocycles. The largest absolute Gasteiger partial charge is 0.270 e. The van der Waals surface area contributed by atoms with Crippen LogP contribution in [-0.2, 0) is 4.79 Å². The van der Waals surface area contributed by atoms with E-state index in [2.05, 4.69) is 33.4 Å². The number of rotatable bonds is 22. The number of amides is 1. The SMILES string of the molecule is CCCCCCCCCCCCCCCCCCCC(=O)N[N+](C)(C)CCCC. The molecular formula is C26H55N2O+. The highest BCUT2D eigenvalue weighted by molar-refractivity contribution is 5.74. The number of hydrogen-bond acceptors (Lipinski definition) is 1. The smallest absolute Gasteiger partial charge is 0.264 e. The summed E-state index contributed by atoms with van der Waals surface area (Å²) < 4.78 is 0.617. The molecule has 0 saturated carbocycles. The van der Waals surface area contributed by atoms with Gasteiger partial charge in [-0.1, -0.05) is 123 Å². The lowest BCUT2D eigenvalue weighted by atomic mass is 10.0. The van der Waals surface area contributed by atoms with Crippen molar-refractivity contribution in [2.24, 2.45) is 0 Å². The van der Waals surface area contributed by atoms with Gasteiger partial charge in [0.15, 0.2) is 0 Å². The van der Waals surface area contributed by atoms with Gasteiger partial charge in [-0.2, -0.15) is 0 Å². The predicted molar refractivity (Wildman–Crippen MR) is 129 cm³/mol. The Hall–Kier alpha value is -0.570. The first kappa shape index (κ1) is 28.4. The highest BCUT2D eigenvalue weighted by Gasteiger charge is 2.17. The standard InChI is InChI=1S/C26H54N2O/c1-5-7-9-10-11-12-13-14-15-16-17-18-19-20-21-22-23-24-26(29)27-28(3,4)25-8-6-2/h5-25H2,1-4H3/p+1. The minimum atomic E-state index is 0.215. The third-order valence-electron chi connectivity index (χ3n) is 6.01. The molecule has 0 heterocycles. The van der Waals surface area contributed by atoms with Crippen LogP contribution >= 0.6 is 0 Å². The van der Waals surface area contributed by atoms with Crippen LogP contribution in [0.15, 0.2) is 0 Å². The third kappa shape index (κ3) is 21.9. The second kappa shape index (κ2) is 20.7. The van der Waals surface area contributed by atoms with Crippen LogP contribution in [0.2, 0.25) is 0 Å². The molecule has 1 N–H and O–H groups in total. The Morgan fingerprint density at radius 3 is 1.28 bits per heavy atom. The number of carbonyl (C=O) groups excluding carboxylic acids is 1. The average molecular weight is 412 g/mol. The molecular weight excluding hydrogens is 356 g/mol. The first-order valence-electron chi connectivity index (χ1n) is 13.2. The van der Waals surface area contributed by atoms with Gasteiger partial charge in [0.05, 0.1) is 14.1 Å². The number of unbranched alkanes of at least 4 members (excludes halogenated alkanes) is 17. The summed E-state index contributed by atoms with van der Waals surface area (Å²) >= 11 is 0. The van der Waals surface area contributed by atoms with Crippen molar-refractivity contribution in [1.82, 2.24) is 5.43 Å². The molecule has 0 saturated heterocycles. The first-order valence-corrected chi connectivity index (χ1v) is 13.2. The lowest BCUT2D eigenvalue weighted by molar-refractivity contribution is -0.925. The van der Waals surface area contributed by atoms with Gasteiger partial charge in [0.2, 0.25) is 0 Å². The third-order valence-corrected chi connectivity index (χ3v) is 6.01. The molecule has 1 amide bonds. The summed E-state index contributed by atoms with van der Waals surface area (Å²) in [4.78, 5) is 12.1. The molecule has 0 rings (SSSR count). The van der Waals surface area contributed by atoms with E-state index >= 15 is 0 Å². The number of nitrogens with one attached hydrogen (secondary N) is 1. The van der Waals surface area contributed by atoms with E-state index in [4.69, 9.17) is 0 Å². The van der Waals surface area contributed by atoms with Crippen LogP contribution in [0, 0.1) is 0 Å². The summed E-state index contributed by atoms with van der Waals surface area (Å²) in [6.45, 7) is 5.50. The van der Waals surface area contributed by atoms with Crippen molar-refractivity contribution in [3.63, 3.8) is 0 Å². The maximum Gasteiger partial charge on any atom is 0.264 e. The Balaban J connectivity index is 3.26. The quantitative estimate of drug-likeness (QED) is 0.109. The fourth-order valence-electron chi connectivity index (χ4n) is 4.01. The first-order chi connectivity index (χ1) is 14.0. The number of nitrogens with zero attached hydrogens (tertiary/aromatic N) is 1. The molecule has 3 heteroatoms. The van der Waals surface area contributed by atoms with Crippen LogP contribution in [0.25, 0.3) is 0 Å². The lowest BCUT2D eigenvalue weighted by Crippen LogP contribution is -2.54. The second-order valence-electron chi connectivity index (χ2n) is 9.70. The van der Waals surface area contributed by atoms with Crippen LogP contribution in [0.5, 0.6) is 0 Å². The normalized spacial score (nSPS) is 11.7. The number of carbonyl (C=O) groups is 1. The maximum absolute atomic E-state index is 12.1. The van der Waals surface area contributed by atoms with E-state index in [1.807, 2.05) is 0 Å². The molecule has 0 aliphatic rings. The van der Waals surface area contributed by atoms with E-state index in [0.717, 1.165) is 19.4 Å². The Morgan fingerprint density at radius 2 is 0.897 bits per heavy atom. The second-order valence-corrected chi connectivity index (χ2v) is 9.70. The summed E-state index contributed by atoms with van der Waals surface area (Å²) in [5.74, 6) is 0.215. The van der Waals surface area contributed by atoms with Gasteiger partial charge in [0.25, 0.3) is 5.91 Å². The van der Waals surface area contributed by atoms with Crippen LogP contribution in [0.1, 0.15) is 142 Å². The molecule has 174 valence electrons. The van der Waals surface area contributed by atoms with Gasteiger partial charge in [-0.05, 0) is 12.8 Å². The van der Waals surface area contributed by atoms with Gasteiger partial charge in [0.1, 0.15) is 6.54 Å². The van der Waals surface area contributed by atoms with Gasteiger partial charge in [0, 0.05) is 6.42 Å². The van der Waals surface area contributed by atoms with Crippen LogP contribution in [0.3, 0.4) is 0 Å². The minimum absolute atomic E-state index is 0.215. The van der Waals surface area contributed by atoms with E-state index in [9.17, 15) is 4.79 Å². The van der Waals surface area contributed by atoms with Gasteiger partial charge >= 0.3 is 0 Å². The minimum Gasteiger partial charge on any atom is -0.270 e. The Morgan fingerprint density at radius 1 is 0.552 bits per heavy atom. The topological polar surface area (TPSA) is 29.1 Å². The van der Waals surface area contributed by atoms with E-state index in [1.54, 1.807) is 0 Å². The molecule has 0 radical (unpaired) electrons. The van der Waals surface area contributed by atoms with Crippen molar-refractivity contribution in [1.29, 1.82) is 0 Å². The molecule has 0 spiro atoms. The van der Waals surface area contributed by atoms with Crippen molar-refractivity contribution in [3.05, 3.63) is 0 Å². The van der Waals surface area contributed by atoms with Gasteiger partial charge in [-0.15, -0.1) is 0 Å². The van der Waals surface area contributed by atoms with Crippen LogP contribution in [0.4, 0.5) is 0 Å². The zero-order chi connectivity index (χ0) is 21.6. The molecule has 0 aliphatic heterocycles. The van der Waals surface area contributed by atoms with Crippen molar-refractivity contribution in [2.75, 3.05) is 20.6 Å². The van der Waals surface area contributed by atoms with E-state index in [-0.39, 0.29) is 5.91 Å². The van der Waals surface area contributed by atoms with Crippen LogP contribution < -0.4 is 5.43 Å². The number of hydrogen-bond donors (Lipinski definition) is 1. The summed E-state index contributed by atoms with van der Waals surface area (Å²) in [7, 11) is 4.17. The summed E-state index contributed by atoms with van der Waals surface area (Å²) in [5, 5.41) is 0. The molecule has 0 aromatic carbocycles. The highest BCUT2D eigenvalue weighted by Crippen LogP contribution is 2.14. The molecule has 0 fully saturated rings. The highest BCUT2D eigenvalue weighted by atomic mass is 16.2. The summed E-state index contributed by atoms with van der Waals surface area (Å²) in [6.07, 6.45) is 26.5. The molecule has 0 unspecified atom stereocenters. The van der Waals surface area contributed by atoms with Crippen LogP contribution in [-0.4, -0.2) is 31.1 Å². The van der Waals surface area contributed by atoms with Gasteiger partial charge in [-0.25, -0.2) is 10.0 Å². The van der Waals surface area contributed by atoms with Crippen molar-refractivity contribution in [3.8, 4) is 0 Å². The number of quaternary nitrogens is 1. The Kier molecular flexibility index (Phi) is 20.3. The summed E-state index contributed by atoms with van der Waals surface area (Å²) in [6, 6.07) is 0.